The van der Waals surface area contributed by atoms with E-state index in [0.717, 1.165) is 32.5 Å². The lowest BCUT2D eigenvalue weighted by atomic mass is 10.0. The quantitative estimate of drug-likeness (QED) is 0.571. The molecule has 1 heterocycles. The van der Waals surface area contributed by atoms with Crippen LogP contribution >= 0.6 is 0 Å². The second-order valence-electron chi connectivity index (χ2n) is 6.81. The predicted molar refractivity (Wildman–Crippen MR) is 93.6 cm³/mol. The first-order valence-corrected chi connectivity index (χ1v) is 9.45. The van der Waals surface area contributed by atoms with E-state index in [0.29, 0.717) is 13.0 Å². The van der Waals surface area contributed by atoms with E-state index in [1.54, 1.807) is 6.92 Å². The molecule has 0 spiro atoms. The lowest BCUT2D eigenvalue weighted by molar-refractivity contribution is 0.112. The van der Waals surface area contributed by atoms with Crippen LogP contribution in [0.15, 0.2) is 0 Å². The van der Waals surface area contributed by atoms with Crippen molar-refractivity contribution >= 4 is 6.09 Å². The Bertz CT molecular complexity index is 305. The van der Waals surface area contributed by atoms with Gasteiger partial charge < -0.3 is 15.2 Å². The van der Waals surface area contributed by atoms with Gasteiger partial charge in [0, 0.05) is 12.6 Å². The zero-order valence-corrected chi connectivity index (χ0v) is 15.1. The van der Waals surface area contributed by atoms with Crippen molar-refractivity contribution in [3.05, 3.63) is 0 Å². The van der Waals surface area contributed by atoms with E-state index in [1.807, 2.05) is 0 Å². The van der Waals surface area contributed by atoms with Crippen LogP contribution in [0.2, 0.25) is 0 Å². The molecule has 5 nitrogen and oxygen atoms in total. The molecule has 0 aromatic carbocycles. The predicted octanol–water partition coefficient (Wildman–Crippen LogP) is 3.31. The number of ether oxygens (including phenoxy) is 1. The highest BCUT2D eigenvalue weighted by atomic mass is 16.5. The molecule has 1 aliphatic heterocycles. The summed E-state index contributed by atoms with van der Waals surface area (Å²) in [5.74, 6) is 0. The third kappa shape index (κ3) is 10.6. The first-order valence-electron chi connectivity index (χ1n) is 9.45. The van der Waals surface area contributed by atoms with Crippen molar-refractivity contribution in [1.29, 1.82) is 0 Å². The van der Waals surface area contributed by atoms with Crippen molar-refractivity contribution in [2.24, 2.45) is 0 Å². The lowest BCUT2D eigenvalue weighted by Gasteiger charge is -2.26. The van der Waals surface area contributed by atoms with Crippen LogP contribution in [0, 0.1) is 0 Å². The summed E-state index contributed by atoms with van der Waals surface area (Å²) in [6.07, 6.45) is 9.26. The number of piperidine rings is 1. The Morgan fingerprint density at radius 3 is 2.61 bits per heavy atom. The Kier molecular flexibility index (Phi) is 11.1. The van der Waals surface area contributed by atoms with E-state index < -0.39 is 6.10 Å². The molecule has 2 unspecified atom stereocenters. The van der Waals surface area contributed by atoms with Crippen LogP contribution in [0.5, 0.6) is 0 Å². The number of nitrogens with zero attached hydrogens (tertiary/aromatic N) is 1. The summed E-state index contributed by atoms with van der Waals surface area (Å²) in [5, 5.41) is 12.5. The van der Waals surface area contributed by atoms with Gasteiger partial charge in [-0.3, -0.25) is 4.90 Å². The summed E-state index contributed by atoms with van der Waals surface area (Å²) in [6.45, 7) is 7.46. The third-order valence-electron chi connectivity index (χ3n) is 4.44. The summed E-state index contributed by atoms with van der Waals surface area (Å²) in [5.41, 5.74) is 0. The number of nitrogens with one attached hydrogen (secondary N) is 1. The standard InChI is InChI=1S/C18H36N2O3/c1-3-4-5-7-10-17(15-16(2)21)19-18(22)23-14-13-20-11-8-6-9-12-20/h16-17,21H,3-15H2,1-2H3,(H,19,22). The van der Waals surface area contributed by atoms with E-state index in [1.165, 1.54) is 38.5 Å². The average Bonchev–Trinajstić information content (AvgIpc) is 2.52. The van der Waals surface area contributed by atoms with Gasteiger partial charge in [-0.1, -0.05) is 39.0 Å². The number of likely N-dealkylation sites (tertiary alicyclic amines) is 1. The monoisotopic (exact) mass is 328 g/mol. The molecule has 0 aromatic rings. The van der Waals surface area contributed by atoms with Gasteiger partial charge in [0.05, 0.1) is 6.10 Å². The van der Waals surface area contributed by atoms with E-state index >= 15 is 0 Å². The highest BCUT2D eigenvalue weighted by Crippen LogP contribution is 2.11. The van der Waals surface area contributed by atoms with Crippen molar-refractivity contribution < 1.29 is 14.6 Å². The van der Waals surface area contributed by atoms with Crippen molar-refractivity contribution in [3.63, 3.8) is 0 Å². The molecule has 1 amide bonds. The minimum atomic E-state index is -0.403. The largest absolute Gasteiger partial charge is 0.448 e. The van der Waals surface area contributed by atoms with Gasteiger partial charge in [0.1, 0.15) is 6.61 Å². The maximum Gasteiger partial charge on any atom is 0.407 e. The van der Waals surface area contributed by atoms with Crippen LogP contribution in [-0.2, 0) is 4.74 Å². The van der Waals surface area contributed by atoms with Gasteiger partial charge in [-0.15, -0.1) is 0 Å². The van der Waals surface area contributed by atoms with Gasteiger partial charge in [0.25, 0.3) is 0 Å². The Morgan fingerprint density at radius 1 is 1.22 bits per heavy atom. The van der Waals surface area contributed by atoms with Gasteiger partial charge in [-0.25, -0.2) is 4.79 Å². The highest BCUT2D eigenvalue weighted by molar-refractivity contribution is 5.67. The molecule has 136 valence electrons. The molecule has 1 aliphatic rings. The number of carbonyl (C=O) groups is 1. The molecule has 1 rings (SSSR count). The highest BCUT2D eigenvalue weighted by Gasteiger charge is 2.16. The number of carbonyl (C=O) groups excluding carboxylic acids is 1. The molecule has 1 saturated heterocycles. The molecule has 23 heavy (non-hydrogen) atoms. The van der Waals surface area contributed by atoms with E-state index in [4.69, 9.17) is 4.74 Å². The topological polar surface area (TPSA) is 61.8 Å². The normalized spacial score (nSPS) is 18.4. The van der Waals surface area contributed by atoms with Gasteiger partial charge in [0.15, 0.2) is 0 Å². The second kappa shape index (κ2) is 12.6. The van der Waals surface area contributed by atoms with Gasteiger partial charge in [-0.05, 0) is 45.7 Å². The Morgan fingerprint density at radius 2 is 1.96 bits per heavy atom. The summed E-state index contributed by atoms with van der Waals surface area (Å²) in [6, 6.07) is 0.00865. The van der Waals surface area contributed by atoms with Gasteiger partial charge in [0.2, 0.25) is 0 Å². The molecule has 0 saturated carbocycles. The summed E-state index contributed by atoms with van der Waals surface area (Å²) >= 11 is 0. The van der Waals surface area contributed by atoms with Crippen LogP contribution in [-0.4, -0.2) is 54.5 Å². The number of unbranched alkanes of at least 4 members (excludes halogenated alkanes) is 3. The zero-order chi connectivity index (χ0) is 16.9. The van der Waals surface area contributed by atoms with Crippen LogP contribution in [0.4, 0.5) is 4.79 Å². The molecular weight excluding hydrogens is 292 g/mol. The Hall–Kier alpha value is -0.810. The molecule has 5 heteroatoms. The number of aliphatic hydroxyl groups excluding tert-OH is 1. The molecule has 2 N–H and O–H groups in total. The van der Waals surface area contributed by atoms with Crippen LogP contribution < -0.4 is 5.32 Å². The average molecular weight is 328 g/mol. The molecule has 0 bridgehead atoms. The molecule has 2 atom stereocenters. The van der Waals surface area contributed by atoms with E-state index in [9.17, 15) is 9.90 Å². The van der Waals surface area contributed by atoms with Crippen LogP contribution in [0.3, 0.4) is 0 Å². The van der Waals surface area contributed by atoms with Gasteiger partial charge >= 0.3 is 6.09 Å². The molecular formula is C18H36N2O3. The van der Waals surface area contributed by atoms with Crippen LogP contribution in [0.1, 0.15) is 71.6 Å². The summed E-state index contributed by atoms with van der Waals surface area (Å²) in [7, 11) is 0. The minimum Gasteiger partial charge on any atom is -0.448 e. The molecule has 0 radical (unpaired) electrons. The first kappa shape index (κ1) is 20.2. The molecule has 1 fully saturated rings. The third-order valence-corrected chi connectivity index (χ3v) is 4.44. The maximum absolute atomic E-state index is 11.9. The summed E-state index contributed by atoms with van der Waals surface area (Å²) < 4.78 is 5.31. The fourth-order valence-corrected chi connectivity index (χ4v) is 3.14. The fraction of sp³-hybridized carbons (Fsp3) is 0.944. The second-order valence-corrected chi connectivity index (χ2v) is 6.81. The summed E-state index contributed by atoms with van der Waals surface area (Å²) in [4.78, 5) is 14.3. The van der Waals surface area contributed by atoms with Gasteiger partial charge in [-0.2, -0.15) is 0 Å². The first-order chi connectivity index (χ1) is 11.1. The van der Waals surface area contributed by atoms with Crippen LogP contribution in [0.25, 0.3) is 0 Å². The lowest BCUT2D eigenvalue weighted by Crippen LogP contribution is -2.39. The van der Waals surface area contributed by atoms with Crippen molar-refractivity contribution in [3.8, 4) is 0 Å². The Labute approximate surface area is 141 Å². The van der Waals surface area contributed by atoms with E-state index in [-0.39, 0.29) is 12.1 Å². The maximum atomic E-state index is 11.9. The number of rotatable bonds is 11. The van der Waals surface area contributed by atoms with Crippen molar-refractivity contribution in [2.75, 3.05) is 26.2 Å². The number of amides is 1. The smallest absolute Gasteiger partial charge is 0.407 e. The van der Waals surface area contributed by atoms with Crippen molar-refractivity contribution in [2.45, 2.75) is 83.8 Å². The zero-order valence-electron chi connectivity index (χ0n) is 15.1. The molecule has 0 aromatic heterocycles. The Balaban J connectivity index is 2.19. The number of aliphatic hydroxyl groups is 1. The molecule has 0 aliphatic carbocycles. The number of hydrogen-bond donors (Lipinski definition) is 2. The van der Waals surface area contributed by atoms with Crippen molar-refractivity contribution in [1.82, 2.24) is 10.2 Å². The fourth-order valence-electron chi connectivity index (χ4n) is 3.14. The van der Waals surface area contributed by atoms with E-state index in [2.05, 4.69) is 17.1 Å². The number of hydrogen-bond acceptors (Lipinski definition) is 4. The SMILES string of the molecule is CCCCCCC(CC(C)O)NC(=O)OCCN1CCCCC1. The number of alkyl carbamates (subject to hydrolysis) is 1. The minimum absolute atomic E-state index is 0.00865.